The lowest BCUT2D eigenvalue weighted by Crippen LogP contribution is -2.38. The van der Waals surface area contributed by atoms with Crippen molar-refractivity contribution in [1.82, 2.24) is 0 Å². The first-order chi connectivity index (χ1) is 7.69. The molecule has 0 saturated heterocycles. The number of nitrogens with one attached hydrogen (secondary N) is 1. The number of fused-ring (bicyclic) bond motifs is 1. The minimum Gasteiger partial charge on any atom is -0.379 e. The van der Waals surface area contributed by atoms with Crippen LogP contribution in [0.2, 0.25) is 0 Å². The van der Waals surface area contributed by atoms with Crippen LogP contribution in [0.1, 0.15) is 36.2 Å². The number of Topliss-reactive ketones (excluding diaryl/α,β-unsaturated/α-hetero) is 1. The van der Waals surface area contributed by atoms with E-state index in [0.717, 1.165) is 12.1 Å². The van der Waals surface area contributed by atoms with Gasteiger partial charge in [0.25, 0.3) is 0 Å². The summed E-state index contributed by atoms with van der Waals surface area (Å²) in [6.45, 7) is 3.68. The average molecular weight is 243 g/mol. The summed E-state index contributed by atoms with van der Waals surface area (Å²) >= 11 is 0. The Bertz CT molecular complexity index is 477. The van der Waals surface area contributed by atoms with E-state index in [4.69, 9.17) is 0 Å². The van der Waals surface area contributed by atoms with Crippen LogP contribution in [-0.4, -0.2) is 11.3 Å². The summed E-state index contributed by atoms with van der Waals surface area (Å²) in [5, 5.41) is 3.06. The molecule has 1 aliphatic rings. The van der Waals surface area contributed by atoms with Gasteiger partial charge in [0.1, 0.15) is 0 Å². The molecule has 0 radical (unpaired) electrons. The molecule has 0 atom stereocenters. The van der Waals surface area contributed by atoms with Gasteiger partial charge < -0.3 is 5.32 Å². The number of anilines is 1. The topological polar surface area (TPSA) is 29.1 Å². The molecule has 0 fully saturated rings. The van der Waals surface area contributed by atoms with Crippen LogP contribution in [0.25, 0.3) is 0 Å². The van der Waals surface area contributed by atoms with E-state index in [0.29, 0.717) is 5.69 Å². The Labute approximate surface area is 96.8 Å². The standard InChI is InChI=1S/C12H12F3NO/c1-11(2)6-10(17)8-5-7(12(13,14)15)3-4-9(8)16-11/h3-5,16H,6H2,1-2H3. The highest BCUT2D eigenvalue weighted by molar-refractivity contribution is 6.04. The molecule has 2 nitrogen and oxygen atoms in total. The SMILES string of the molecule is CC1(C)CC(=O)c2cc(C(F)(F)F)ccc2N1. The molecule has 1 aliphatic heterocycles. The lowest BCUT2D eigenvalue weighted by Gasteiger charge is -2.33. The zero-order valence-corrected chi connectivity index (χ0v) is 9.48. The Morgan fingerprint density at radius 1 is 1.29 bits per heavy atom. The van der Waals surface area contributed by atoms with E-state index >= 15 is 0 Å². The molecule has 0 aliphatic carbocycles. The van der Waals surface area contributed by atoms with Crippen LogP contribution in [0.4, 0.5) is 18.9 Å². The Hall–Kier alpha value is -1.52. The maximum Gasteiger partial charge on any atom is 0.416 e. The maximum absolute atomic E-state index is 12.5. The molecule has 0 amide bonds. The molecule has 1 N–H and O–H groups in total. The fraction of sp³-hybridized carbons (Fsp3) is 0.417. The van der Waals surface area contributed by atoms with Gasteiger partial charge >= 0.3 is 6.18 Å². The fourth-order valence-electron chi connectivity index (χ4n) is 1.97. The molecule has 0 spiro atoms. The summed E-state index contributed by atoms with van der Waals surface area (Å²) in [6, 6.07) is 3.22. The molecule has 2 rings (SSSR count). The predicted molar refractivity (Wildman–Crippen MR) is 58.1 cm³/mol. The molecule has 17 heavy (non-hydrogen) atoms. The van der Waals surface area contributed by atoms with E-state index in [2.05, 4.69) is 5.32 Å². The van der Waals surface area contributed by atoms with Crippen LogP contribution in [0.5, 0.6) is 0 Å². The maximum atomic E-state index is 12.5. The van der Waals surface area contributed by atoms with Crippen molar-refractivity contribution in [3.05, 3.63) is 29.3 Å². The number of ketones is 1. The lowest BCUT2D eigenvalue weighted by atomic mass is 9.87. The minimum absolute atomic E-state index is 0.124. The molecule has 0 bridgehead atoms. The first-order valence-corrected chi connectivity index (χ1v) is 5.22. The highest BCUT2D eigenvalue weighted by atomic mass is 19.4. The van der Waals surface area contributed by atoms with Gasteiger partial charge in [-0.05, 0) is 32.0 Å². The van der Waals surface area contributed by atoms with Crippen molar-refractivity contribution >= 4 is 11.5 Å². The van der Waals surface area contributed by atoms with Gasteiger partial charge in [-0.25, -0.2) is 0 Å². The van der Waals surface area contributed by atoms with Crippen LogP contribution in [-0.2, 0) is 6.18 Å². The van der Waals surface area contributed by atoms with Crippen LogP contribution in [0.15, 0.2) is 18.2 Å². The predicted octanol–water partition coefficient (Wildman–Crippen LogP) is 3.48. The fourth-order valence-corrected chi connectivity index (χ4v) is 1.97. The number of hydrogen-bond acceptors (Lipinski definition) is 2. The van der Waals surface area contributed by atoms with Crippen LogP contribution in [0, 0.1) is 0 Å². The van der Waals surface area contributed by atoms with E-state index < -0.39 is 17.3 Å². The van der Waals surface area contributed by atoms with Gasteiger partial charge in [0.2, 0.25) is 0 Å². The van der Waals surface area contributed by atoms with E-state index in [1.165, 1.54) is 6.07 Å². The third-order valence-electron chi connectivity index (χ3n) is 2.72. The third kappa shape index (κ3) is 2.28. The van der Waals surface area contributed by atoms with E-state index in [1.54, 1.807) is 0 Å². The van der Waals surface area contributed by atoms with Crippen molar-refractivity contribution in [2.45, 2.75) is 32.0 Å². The van der Waals surface area contributed by atoms with Gasteiger partial charge in [0, 0.05) is 23.2 Å². The molecule has 0 aromatic heterocycles. The van der Waals surface area contributed by atoms with E-state index in [1.807, 2.05) is 13.8 Å². The molecule has 1 aromatic rings. The van der Waals surface area contributed by atoms with Gasteiger partial charge in [-0.1, -0.05) is 0 Å². The second-order valence-corrected chi connectivity index (χ2v) is 4.87. The van der Waals surface area contributed by atoms with Gasteiger partial charge in [-0.3, -0.25) is 4.79 Å². The van der Waals surface area contributed by atoms with Gasteiger partial charge in [0.05, 0.1) is 5.56 Å². The molecule has 0 saturated carbocycles. The molecular formula is C12H12F3NO. The summed E-state index contributed by atoms with van der Waals surface area (Å²) in [6.07, 6.45) is -4.22. The Morgan fingerprint density at radius 3 is 2.53 bits per heavy atom. The molecule has 92 valence electrons. The largest absolute Gasteiger partial charge is 0.416 e. The molecule has 0 unspecified atom stereocenters. The molecule has 5 heteroatoms. The van der Waals surface area contributed by atoms with E-state index in [-0.39, 0.29) is 17.8 Å². The van der Waals surface area contributed by atoms with Crippen molar-refractivity contribution < 1.29 is 18.0 Å². The van der Waals surface area contributed by atoms with Gasteiger partial charge in [-0.2, -0.15) is 13.2 Å². The molecule has 1 aromatic carbocycles. The first kappa shape index (κ1) is 12.0. The highest BCUT2D eigenvalue weighted by Crippen LogP contribution is 2.36. The Morgan fingerprint density at radius 2 is 1.94 bits per heavy atom. The van der Waals surface area contributed by atoms with Crippen LogP contribution in [0.3, 0.4) is 0 Å². The molecule has 1 heterocycles. The van der Waals surface area contributed by atoms with Crippen molar-refractivity contribution in [3.8, 4) is 0 Å². The zero-order valence-electron chi connectivity index (χ0n) is 9.48. The van der Waals surface area contributed by atoms with Gasteiger partial charge in [0.15, 0.2) is 5.78 Å². The Kier molecular flexibility index (Phi) is 2.45. The molecular weight excluding hydrogens is 231 g/mol. The minimum atomic E-state index is -4.41. The number of alkyl halides is 3. The quantitative estimate of drug-likeness (QED) is 0.755. The van der Waals surface area contributed by atoms with Crippen molar-refractivity contribution in [3.63, 3.8) is 0 Å². The number of benzene rings is 1. The summed E-state index contributed by atoms with van der Waals surface area (Å²) in [5.41, 5.74) is -0.603. The number of carbonyl (C=O) groups excluding carboxylic acids is 1. The van der Waals surface area contributed by atoms with Crippen LogP contribution < -0.4 is 5.32 Å². The van der Waals surface area contributed by atoms with Gasteiger partial charge in [-0.15, -0.1) is 0 Å². The Balaban J connectivity index is 2.48. The first-order valence-electron chi connectivity index (χ1n) is 5.22. The van der Waals surface area contributed by atoms with Crippen molar-refractivity contribution in [1.29, 1.82) is 0 Å². The zero-order chi connectivity index (χ0) is 12.8. The number of halogens is 3. The van der Waals surface area contributed by atoms with E-state index in [9.17, 15) is 18.0 Å². The van der Waals surface area contributed by atoms with Crippen LogP contribution >= 0.6 is 0 Å². The summed E-state index contributed by atoms with van der Waals surface area (Å²) < 4.78 is 37.5. The van der Waals surface area contributed by atoms with Crippen molar-refractivity contribution in [2.75, 3.05) is 5.32 Å². The number of carbonyl (C=O) groups is 1. The summed E-state index contributed by atoms with van der Waals surface area (Å²) in [4.78, 5) is 11.8. The number of rotatable bonds is 0. The lowest BCUT2D eigenvalue weighted by molar-refractivity contribution is -0.137. The second kappa shape index (κ2) is 3.48. The van der Waals surface area contributed by atoms with Crippen molar-refractivity contribution in [2.24, 2.45) is 0 Å². The third-order valence-corrected chi connectivity index (χ3v) is 2.72. The smallest absolute Gasteiger partial charge is 0.379 e. The monoisotopic (exact) mass is 243 g/mol. The number of hydrogen-bond donors (Lipinski definition) is 1. The second-order valence-electron chi connectivity index (χ2n) is 4.87. The average Bonchev–Trinajstić information content (AvgIpc) is 2.13. The highest BCUT2D eigenvalue weighted by Gasteiger charge is 2.35. The summed E-state index contributed by atoms with van der Waals surface area (Å²) in [7, 11) is 0. The normalized spacial score (nSPS) is 18.5. The summed E-state index contributed by atoms with van der Waals surface area (Å²) in [5.74, 6) is -0.255.